The standard InChI is InChI=1S/C13H15NO6/c15-6-5-9(13(19)20)14-12(18)4-2-8-1-3-10(16)11(17)7-8/h1-4,7,9,15-17H,5-6H2,(H,14,18)(H,19,20). The van der Waals surface area contributed by atoms with E-state index in [1.165, 1.54) is 24.3 Å². The van der Waals surface area contributed by atoms with Crippen LogP contribution in [0.3, 0.4) is 0 Å². The minimum absolute atomic E-state index is 0.0884. The molecule has 0 heterocycles. The van der Waals surface area contributed by atoms with E-state index in [0.29, 0.717) is 5.56 Å². The second-order valence-electron chi connectivity index (χ2n) is 3.99. The van der Waals surface area contributed by atoms with E-state index in [1.807, 2.05) is 0 Å². The molecule has 1 aromatic carbocycles. The number of aliphatic carboxylic acids is 1. The molecule has 108 valence electrons. The van der Waals surface area contributed by atoms with Gasteiger partial charge in [-0.3, -0.25) is 4.79 Å². The Morgan fingerprint density at radius 1 is 1.25 bits per heavy atom. The monoisotopic (exact) mass is 281 g/mol. The minimum atomic E-state index is -1.23. The molecule has 1 rings (SSSR count). The van der Waals surface area contributed by atoms with Crippen LogP contribution in [0, 0.1) is 0 Å². The lowest BCUT2D eigenvalue weighted by atomic mass is 10.2. The largest absolute Gasteiger partial charge is 0.504 e. The number of phenols is 2. The van der Waals surface area contributed by atoms with Crippen LogP contribution in [0.1, 0.15) is 12.0 Å². The Morgan fingerprint density at radius 3 is 2.50 bits per heavy atom. The number of benzene rings is 1. The summed E-state index contributed by atoms with van der Waals surface area (Å²) in [7, 11) is 0. The lowest BCUT2D eigenvalue weighted by Crippen LogP contribution is -2.40. The van der Waals surface area contributed by atoms with Gasteiger partial charge < -0.3 is 25.7 Å². The molecule has 7 nitrogen and oxygen atoms in total. The number of hydrogen-bond acceptors (Lipinski definition) is 5. The molecule has 0 bridgehead atoms. The molecule has 1 amide bonds. The van der Waals surface area contributed by atoms with Gasteiger partial charge in [0.1, 0.15) is 6.04 Å². The van der Waals surface area contributed by atoms with Gasteiger partial charge in [-0.05, 0) is 23.8 Å². The Kier molecular flexibility index (Phi) is 5.55. The Labute approximate surface area is 114 Å². The third-order valence-corrected chi connectivity index (χ3v) is 2.46. The number of carboxylic acids is 1. The highest BCUT2D eigenvalue weighted by molar-refractivity contribution is 5.94. The average molecular weight is 281 g/mol. The molecule has 0 saturated heterocycles. The fourth-order valence-electron chi connectivity index (χ4n) is 1.42. The van der Waals surface area contributed by atoms with Crippen LogP contribution in [0.25, 0.3) is 6.08 Å². The van der Waals surface area contributed by atoms with E-state index in [9.17, 15) is 14.7 Å². The van der Waals surface area contributed by atoms with Gasteiger partial charge in [0.15, 0.2) is 11.5 Å². The number of hydrogen-bond donors (Lipinski definition) is 5. The third-order valence-electron chi connectivity index (χ3n) is 2.46. The second kappa shape index (κ2) is 7.15. The summed E-state index contributed by atoms with van der Waals surface area (Å²) in [6.07, 6.45) is 2.36. The van der Waals surface area contributed by atoms with Gasteiger partial charge in [-0.25, -0.2) is 4.79 Å². The Bertz CT molecular complexity index is 526. The lowest BCUT2D eigenvalue weighted by molar-refractivity contribution is -0.141. The molecule has 0 aliphatic heterocycles. The van der Waals surface area contributed by atoms with Crippen molar-refractivity contribution in [3.05, 3.63) is 29.8 Å². The number of carbonyl (C=O) groups is 2. The van der Waals surface area contributed by atoms with E-state index in [0.717, 1.165) is 6.08 Å². The molecule has 7 heteroatoms. The van der Waals surface area contributed by atoms with Crippen LogP contribution in [-0.2, 0) is 9.59 Å². The smallest absolute Gasteiger partial charge is 0.326 e. The molecule has 0 spiro atoms. The van der Waals surface area contributed by atoms with Gasteiger partial charge in [0.05, 0.1) is 0 Å². The maximum atomic E-state index is 11.5. The average Bonchev–Trinajstić information content (AvgIpc) is 2.39. The van der Waals surface area contributed by atoms with Gasteiger partial charge in [-0.2, -0.15) is 0 Å². The molecular weight excluding hydrogens is 266 g/mol. The number of amides is 1. The molecule has 5 N–H and O–H groups in total. The Hall–Kier alpha value is -2.54. The van der Waals surface area contributed by atoms with Crippen LogP contribution in [0.4, 0.5) is 0 Å². The number of aliphatic hydroxyl groups excluding tert-OH is 1. The van der Waals surface area contributed by atoms with Crippen molar-refractivity contribution >= 4 is 18.0 Å². The molecule has 0 aliphatic rings. The van der Waals surface area contributed by atoms with Crippen molar-refractivity contribution in [1.82, 2.24) is 5.32 Å². The van der Waals surface area contributed by atoms with E-state index in [2.05, 4.69) is 5.32 Å². The van der Waals surface area contributed by atoms with Crippen LogP contribution in [0.15, 0.2) is 24.3 Å². The lowest BCUT2D eigenvalue weighted by Gasteiger charge is -2.11. The molecule has 0 radical (unpaired) electrons. The molecule has 0 fully saturated rings. The van der Waals surface area contributed by atoms with Crippen LogP contribution in [-0.4, -0.2) is 45.0 Å². The number of nitrogens with one attached hydrogen (secondary N) is 1. The summed E-state index contributed by atoms with van der Waals surface area (Å²) in [5.74, 6) is -2.47. The van der Waals surface area contributed by atoms with E-state index < -0.39 is 17.9 Å². The van der Waals surface area contributed by atoms with Crippen molar-refractivity contribution in [3.8, 4) is 11.5 Å². The van der Waals surface area contributed by atoms with Crippen molar-refractivity contribution in [1.29, 1.82) is 0 Å². The van der Waals surface area contributed by atoms with Gasteiger partial charge >= 0.3 is 5.97 Å². The molecule has 0 saturated carbocycles. The first-order valence-corrected chi connectivity index (χ1v) is 5.78. The van der Waals surface area contributed by atoms with Gasteiger partial charge in [-0.15, -0.1) is 0 Å². The van der Waals surface area contributed by atoms with Crippen molar-refractivity contribution in [3.63, 3.8) is 0 Å². The first kappa shape index (κ1) is 15.5. The third kappa shape index (κ3) is 4.62. The highest BCUT2D eigenvalue weighted by atomic mass is 16.4. The zero-order valence-corrected chi connectivity index (χ0v) is 10.5. The SMILES string of the molecule is O=C(C=Cc1ccc(O)c(O)c1)NC(CCO)C(=O)O. The zero-order chi connectivity index (χ0) is 15.1. The van der Waals surface area contributed by atoms with Crippen molar-refractivity contribution < 1.29 is 30.0 Å². The minimum Gasteiger partial charge on any atom is -0.504 e. The predicted octanol–water partition coefficient (Wildman–Crippen LogP) is 0.0628. The second-order valence-corrected chi connectivity index (χ2v) is 3.99. The summed E-state index contributed by atoms with van der Waals surface area (Å²) in [6, 6.07) is 2.83. The number of rotatable bonds is 6. The number of phenolic OH excluding ortho intramolecular Hbond substituents is 2. The van der Waals surface area contributed by atoms with Crippen molar-refractivity contribution in [2.24, 2.45) is 0 Å². The van der Waals surface area contributed by atoms with Gasteiger partial charge in [0, 0.05) is 19.1 Å². The number of aliphatic hydroxyl groups is 1. The van der Waals surface area contributed by atoms with Crippen LogP contribution in [0.5, 0.6) is 11.5 Å². The molecule has 20 heavy (non-hydrogen) atoms. The Balaban J connectivity index is 2.67. The first-order chi connectivity index (χ1) is 9.43. The zero-order valence-electron chi connectivity index (χ0n) is 10.5. The first-order valence-electron chi connectivity index (χ1n) is 5.78. The van der Waals surface area contributed by atoms with Crippen molar-refractivity contribution in [2.75, 3.05) is 6.61 Å². The summed E-state index contributed by atoms with van der Waals surface area (Å²) in [5, 5.41) is 38.1. The van der Waals surface area contributed by atoms with Crippen LogP contribution in [0.2, 0.25) is 0 Å². The quantitative estimate of drug-likeness (QED) is 0.371. The summed E-state index contributed by atoms with van der Waals surface area (Å²) in [4.78, 5) is 22.3. The van der Waals surface area contributed by atoms with Gasteiger partial charge in [0.2, 0.25) is 5.91 Å². The van der Waals surface area contributed by atoms with E-state index >= 15 is 0 Å². The number of carboxylic acid groups (broad SMARTS) is 1. The van der Waals surface area contributed by atoms with Gasteiger partial charge in [-0.1, -0.05) is 6.07 Å². The maximum Gasteiger partial charge on any atom is 0.326 e. The molecular formula is C13H15NO6. The van der Waals surface area contributed by atoms with E-state index in [1.54, 1.807) is 0 Å². The summed E-state index contributed by atoms with van der Waals surface area (Å²) >= 11 is 0. The number of aromatic hydroxyl groups is 2. The van der Waals surface area contributed by atoms with Gasteiger partial charge in [0.25, 0.3) is 0 Å². The van der Waals surface area contributed by atoms with E-state index in [-0.39, 0.29) is 24.5 Å². The highest BCUT2D eigenvalue weighted by Crippen LogP contribution is 2.25. The normalized spacial score (nSPS) is 12.2. The predicted molar refractivity (Wildman–Crippen MR) is 70.1 cm³/mol. The fraction of sp³-hybridized carbons (Fsp3) is 0.231. The topological polar surface area (TPSA) is 127 Å². The Morgan fingerprint density at radius 2 is 1.95 bits per heavy atom. The van der Waals surface area contributed by atoms with Crippen LogP contribution < -0.4 is 5.32 Å². The summed E-state index contributed by atoms with van der Waals surface area (Å²) in [5.41, 5.74) is 0.462. The summed E-state index contributed by atoms with van der Waals surface area (Å²) < 4.78 is 0. The molecule has 0 aliphatic carbocycles. The van der Waals surface area contributed by atoms with Crippen molar-refractivity contribution in [2.45, 2.75) is 12.5 Å². The molecule has 1 atom stereocenters. The van der Waals surface area contributed by atoms with Crippen LogP contribution >= 0.6 is 0 Å². The number of carbonyl (C=O) groups excluding carboxylic acids is 1. The molecule has 0 aromatic heterocycles. The fourth-order valence-corrected chi connectivity index (χ4v) is 1.42. The highest BCUT2D eigenvalue weighted by Gasteiger charge is 2.17. The molecule has 1 unspecified atom stereocenters. The van der Waals surface area contributed by atoms with E-state index in [4.69, 9.17) is 15.3 Å². The maximum absolute atomic E-state index is 11.5. The summed E-state index contributed by atoms with van der Waals surface area (Å²) in [6.45, 7) is -0.354. The molecule has 1 aromatic rings.